The van der Waals surface area contributed by atoms with E-state index in [1.54, 1.807) is 0 Å². The average molecular weight is 1200 g/mol. The maximum Gasteiger partial charge on any atom is 0 e. The van der Waals surface area contributed by atoms with Crippen LogP contribution in [0.15, 0.2) is 0 Å². The molecular formula is C25H12F39OPRh. The number of hydrogen-bond donors (Lipinski definition) is 0. The zero-order valence-electron chi connectivity index (χ0n) is 29.7. The van der Waals surface area contributed by atoms with Gasteiger partial charge in [0.25, 0.3) is 0 Å². The van der Waals surface area contributed by atoms with Crippen LogP contribution in [0.25, 0.3) is 0 Å². The van der Waals surface area contributed by atoms with Crippen molar-refractivity contribution in [1.29, 1.82) is 0 Å². The Kier molecular flexibility index (Phi) is 19.9. The molecule has 0 aliphatic rings. The summed E-state index contributed by atoms with van der Waals surface area (Å²) in [6.07, 6.45) is -46.0. The molecule has 0 fully saturated rings. The van der Waals surface area contributed by atoms with Gasteiger partial charge in [-0.15, -0.1) is 7.92 Å². The van der Waals surface area contributed by atoms with E-state index in [0.717, 1.165) is 0 Å². The Morgan fingerprint density at radius 2 is 0.343 bits per heavy atom. The van der Waals surface area contributed by atoms with Crippen LogP contribution in [0.2, 0.25) is 0 Å². The van der Waals surface area contributed by atoms with Crippen molar-refractivity contribution >= 4 is 7.92 Å². The summed E-state index contributed by atoms with van der Waals surface area (Å²) in [5.74, 6) is -127. The summed E-state index contributed by atoms with van der Waals surface area (Å²) in [6, 6.07) is 0. The van der Waals surface area contributed by atoms with Gasteiger partial charge in [-0.05, 0) is 18.5 Å². The standard InChI is InChI=1S/C24H12F39P.CO.Rh/c25-7(26,10(31,32)13(37,38)16(43,44)19(49,50)22(55,56)57)1-4-64(5-2-8(27,28)11(33,34)14(39,40)17(45,46)20(51,52)23(58,59)60)6-3-9(29,30)12(35,36)15(41,42)18(47,48)21(53,54)24(61,62)63;1-2;/h1-6H2;;. The van der Waals surface area contributed by atoms with Crippen LogP contribution in [0.4, 0.5) is 171 Å². The molecule has 0 aromatic rings. The molecule has 0 saturated carbocycles. The summed E-state index contributed by atoms with van der Waals surface area (Å²) in [5.41, 5.74) is 0. The zero-order chi connectivity index (χ0) is 54.8. The van der Waals surface area contributed by atoms with Crippen molar-refractivity contribution in [3.8, 4) is 0 Å². The fourth-order valence-corrected chi connectivity index (χ4v) is 6.57. The topological polar surface area (TPSA) is 19.9 Å². The molecule has 1 nitrogen and oxygen atoms in total. The summed E-state index contributed by atoms with van der Waals surface area (Å²) in [7, 11) is -4.93. The van der Waals surface area contributed by atoms with E-state index in [9.17, 15) is 171 Å². The van der Waals surface area contributed by atoms with Crippen LogP contribution in [-0.4, -0.2) is 126 Å². The molecule has 42 heteroatoms. The van der Waals surface area contributed by atoms with Crippen LogP contribution in [0.5, 0.6) is 0 Å². The van der Waals surface area contributed by atoms with Gasteiger partial charge in [0, 0.05) is 38.7 Å². The van der Waals surface area contributed by atoms with Crippen LogP contribution >= 0.6 is 7.92 Å². The van der Waals surface area contributed by atoms with Crippen molar-refractivity contribution in [2.24, 2.45) is 0 Å². The Hall–Kier alpha value is -1.94. The first-order valence-corrected chi connectivity index (χ1v) is 16.7. The van der Waals surface area contributed by atoms with Gasteiger partial charge in [0.15, 0.2) is 0 Å². The average Bonchev–Trinajstić information content (AvgIpc) is 3.09. The van der Waals surface area contributed by atoms with E-state index in [1.165, 1.54) is 0 Å². The van der Waals surface area contributed by atoms with Crippen LogP contribution in [0.1, 0.15) is 19.3 Å². The second-order valence-electron chi connectivity index (χ2n) is 12.6. The molecule has 0 unspecified atom stereocenters. The molecule has 0 aromatic heterocycles. The van der Waals surface area contributed by atoms with Crippen molar-refractivity contribution < 1.29 is 195 Å². The number of hydrogen-bond acceptors (Lipinski definition) is 0. The molecule has 0 N–H and O–H groups in total. The quantitative estimate of drug-likeness (QED) is 0.0359. The summed E-state index contributed by atoms with van der Waals surface area (Å²) in [4.78, 5) is 0. The predicted molar refractivity (Wildman–Crippen MR) is 132 cm³/mol. The Labute approximate surface area is 355 Å². The normalized spacial score (nSPS) is 16.1. The summed E-state index contributed by atoms with van der Waals surface area (Å²) in [6.45, 7) is 4.50. The maximum absolute atomic E-state index is 14.3. The summed E-state index contributed by atoms with van der Waals surface area (Å²) < 4.78 is 530. The molecule has 0 spiro atoms. The third-order valence-electron chi connectivity index (χ3n) is 8.22. The Balaban J connectivity index is -0.0000134. The minimum absolute atomic E-state index is 0. The molecule has 0 heterocycles. The summed E-state index contributed by atoms with van der Waals surface area (Å²) in [5, 5.41) is 0. The van der Waals surface area contributed by atoms with Crippen LogP contribution in [-0.2, 0) is 24.1 Å². The molecule has 0 aliphatic carbocycles. The Morgan fingerprint density at radius 1 is 0.224 bits per heavy atom. The Bertz CT molecular complexity index is 1460. The number of halogens is 39. The van der Waals surface area contributed by atoms with Gasteiger partial charge in [0.1, 0.15) is 0 Å². The molecule has 0 bridgehead atoms. The second kappa shape index (κ2) is 19.2. The van der Waals surface area contributed by atoms with E-state index in [-0.39, 0.29) is 19.5 Å². The largest absolute Gasteiger partial charge is 0 e. The molecule has 0 amide bonds. The van der Waals surface area contributed by atoms with Crippen LogP contribution in [0.3, 0.4) is 0 Å². The molecule has 405 valence electrons. The van der Waals surface area contributed by atoms with E-state index >= 15 is 0 Å². The van der Waals surface area contributed by atoms with Crippen molar-refractivity contribution in [1.82, 2.24) is 0 Å². The number of rotatable bonds is 21. The van der Waals surface area contributed by atoms with Gasteiger partial charge in [-0.1, -0.05) is 0 Å². The minimum atomic E-state index is -8.82. The van der Waals surface area contributed by atoms with Gasteiger partial charge in [0.2, 0.25) is 0 Å². The third kappa shape index (κ3) is 10.8. The third-order valence-corrected chi connectivity index (χ3v) is 10.8. The van der Waals surface area contributed by atoms with E-state index in [0.29, 0.717) is 0 Å². The van der Waals surface area contributed by atoms with E-state index < -0.39 is 153 Å². The molecular weight excluding hydrogens is 1190 g/mol. The molecule has 0 aliphatic heterocycles. The van der Waals surface area contributed by atoms with Crippen molar-refractivity contribution in [2.45, 2.75) is 127 Å². The van der Waals surface area contributed by atoms with Gasteiger partial charge in [-0.2, -0.15) is 171 Å². The molecule has 0 rings (SSSR count). The Morgan fingerprint density at radius 3 is 0.463 bits per heavy atom. The molecule has 0 aromatic carbocycles. The van der Waals surface area contributed by atoms with E-state index in [1.807, 2.05) is 0 Å². The fraction of sp³-hybridized carbons (Fsp3) is 0.960. The molecule has 0 saturated heterocycles. The fourth-order valence-electron chi connectivity index (χ4n) is 4.11. The number of alkyl halides is 39. The maximum atomic E-state index is 14.3. The van der Waals surface area contributed by atoms with E-state index in [4.69, 9.17) is 4.65 Å². The SMILES string of the molecule is FC(F)(F)C(F)(F)C(F)(F)C(F)(F)C(F)(F)C(F)(F)CCP(CCC(F)(F)C(F)(F)C(F)(F)C(F)(F)C(F)(F)C(F)(F)F)CCC(F)(F)C(F)(F)C(F)(F)C(F)(F)C(F)(F)C(F)(F)F.[C-]#[O+].[Rh]. The first-order chi connectivity index (χ1) is 28.0. The van der Waals surface area contributed by atoms with Gasteiger partial charge >= 0.3 is 119 Å². The minimum Gasteiger partial charge on any atom is 0 e. The van der Waals surface area contributed by atoms with Crippen LogP contribution < -0.4 is 0 Å². The predicted octanol–water partition coefficient (Wildman–Crippen LogP) is 14.8. The first kappa shape index (κ1) is 69.3. The van der Waals surface area contributed by atoms with Gasteiger partial charge in [-0.3, -0.25) is 0 Å². The van der Waals surface area contributed by atoms with Crippen molar-refractivity contribution in [3.63, 3.8) is 0 Å². The van der Waals surface area contributed by atoms with Gasteiger partial charge < -0.3 is 0 Å². The first-order valence-electron chi connectivity index (χ1n) is 14.8. The second-order valence-corrected chi connectivity index (χ2v) is 15.3. The van der Waals surface area contributed by atoms with Gasteiger partial charge in [-0.25, -0.2) is 0 Å². The monoisotopic (exact) mass is 1200 g/mol. The van der Waals surface area contributed by atoms with Crippen LogP contribution in [0, 0.1) is 6.65 Å². The van der Waals surface area contributed by atoms with E-state index in [2.05, 4.69) is 6.65 Å². The van der Waals surface area contributed by atoms with Crippen molar-refractivity contribution in [3.05, 3.63) is 6.65 Å². The van der Waals surface area contributed by atoms with Gasteiger partial charge in [0.05, 0.1) is 0 Å². The molecule has 67 heavy (non-hydrogen) atoms. The molecule has 0 atom stereocenters. The van der Waals surface area contributed by atoms with Crippen molar-refractivity contribution in [2.75, 3.05) is 18.5 Å². The molecule has 1 radical (unpaired) electrons. The summed E-state index contributed by atoms with van der Waals surface area (Å²) >= 11 is 0. The zero-order valence-corrected chi connectivity index (χ0v) is 32.2. The smallest absolute Gasteiger partial charge is 0 e.